The highest BCUT2D eigenvalue weighted by atomic mass is 16.4. The summed E-state index contributed by atoms with van der Waals surface area (Å²) in [4.78, 5) is 10.6. The fraction of sp³-hybridized carbons (Fsp3) is 0.583. The van der Waals surface area contributed by atoms with E-state index in [1.807, 2.05) is 13.8 Å². The summed E-state index contributed by atoms with van der Waals surface area (Å²) < 4.78 is 0. The van der Waals surface area contributed by atoms with Gasteiger partial charge >= 0.3 is 5.97 Å². The number of rotatable bonds is 3. The molecular weight excluding hydrogens is 176 g/mol. The van der Waals surface area contributed by atoms with Crippen LogP contribution in [0.4, 0.5) is 0 Å². The Morgan fingerprint density at radius 1 is 1.71 bits per heavy atom. The van der Waals surface area contributed by atoms with Crippen LogP contribution in [0, 0.1) is 11.8 Å². The highest BCUT2D eigenvalue weighted by Gasteiger charge is 2.24. The number of allylic oxidation sites excluding steroid dienone is 3. The summed E-state index contributed by atoms with van der Waals surface area (Å²) in [6.07, 6.45) is 4.39. The van der Waals surface area contributed by atoms with Gasteiger partial charge in [-0.1, -0.05) is 23.8 Å². The SMILES string of the molecule is C=C(C)[C@H]1CC=C(C)[C@H](CC(=O)O)C1. The first-order valence-electron chi connectivity index (χ1n) is 5.04. The summed E-state index contributed by atoms with van der Waals surface area (Å²) in [6.45, 7) is 8.00. The number of aliphatic carboxylic acids is 1. The van der Waals surface area contributed by atoms with E-state index in [2.05, 4.69) is 12.7 Å². The molecule has 0 radical (unpaired) electrons. The quantitative estimate of drug-likeness (QED) is 0.701. The van der Waals surface area contributed by atoms with Crippen LogP contribution < -0.4 is 0 Å². The highest BCUT2D eigenvalue weighted by Crippen LogP contribution is 2.34. The molecule has 2 atom stereocenters. The summed E-state index contributed by atoms with van der Waals surface area (Å²) >= 11 is 0. The number of carbonyl (C=O) groups is 1. The second-order valence-corrected chi connectivity index (χ2v) is 4.26. The van der Waals surface area contributed by atoms with E-state index in [-0.39, 0.29) is 12.3 Å². The van der Waals surface area contributed by atoms with Crippen LogP contribution in [0.3, 0.4) is 0 Å². The summed E-state index contributed by atoms with van der Waals surface area (Å²) in [7, 11) is 0. The first-order valence-corrected chi connectivity index (χ1v) is 5.04. The number of carboxylic acids is 1. The second kappa shape index (κ2) is 4.45. The largest absolute Gasteiger partial charge is 0.481 e. The molecule has 0 spiro atoms. The van der Waals surface area contributed by atoms with Gasteiger partial charge in [-0.15, -0.1) is 0 Å². The predicted octanol–water partition coefficient (Wildman–Crippen LogP) is 3.01. The Labute approximate surface area is 85.3 Å². The van der Waals surface area contributed by atoms with E-state index in [1.54, 1.807) is 0 Å². The molecule has 0 bridgehead atoms. The zero-order valence-corrected chi connectivity index (χ0v) is 8.92. The average Bonchev–Trinajstić information content (AvgIpc) is 2.07. The molecule has 1 rings (SSSR count). The fourth-order valence-corrected chi connectivity index (χ4v) is 1.98. The minimum absolute atomic E-state index is 0.211. The standard InChI is InChI=1S/C12H18O2/c1-8(2)10-5-4-9(3)11(6-10)7-12(13)14/h4,10-11H,1,5-7H2,2-3H3,(H,13,14)/t10-,11-/m0/s1. The van der Waals surface area contributed by atoms with Crippen molar-refractivity contribution in [2.45, 2.75) is 33.1 Å². The van der Waals surface area contributed by atoms with E-state index in [4.69, 9.17) is 5.11 Å². The maximum Gasteiger partial charge on any atom is 0.303 e. The Hall–Kier alpha value is -1.05. The molecule has 0 unspecified atom stereocenters. The lowest BCUT2D eigenvalue weighted by Gasteiger charge is -2.27. The van der Waals surface area contributed by atoms with E-state index >= 15 is 0 Å². The Kier molecular flexibility index (Phi) is 3.50. The van der Waals surface area contributed by atoms with Crippen molar-refractivity contribution in [3.8, 4) is 0 Å². The lowest BCUT2D eigenvalue weighted by molar-refractivity contribution is -0.137. The number of hydrogen-bond donors (Lipinski definition) is 1. The molecule has 0 aromatic carbocycles. The van der Waals surface area contributed by atoms with Gasteiger partial charge in [0.25, 0.3) is 0 Å². The Bertz CT molecular complexity index is 276. The van der Waals surface area contributed by atoms with Gasteiger partial charge in [-0.05, 0) is 38.5 Å². The summed E-state index contributed by atoms with van der Waals surface area (Å²) in [5.74, 6) is -0.0175. The zero-order chi connectivity index (χ0) is 10.7. The third-order valence-corrected chi connectivity index (χ3v) is 3.06. The maximum atomic E-state index is 10.6. The minimum Gasteiger partial charge on any atom is -0.481 e. The molecule has 0 heterocycles. The van der Waals surface area contributed by atoms with E-state index in [0.29, 0.717) is 5.92 Å². The third-order valence-electron chi connectivity index (χ3n) is 3.06. The van der Waals surface area contributed by atoms with Crippen molar-refractivity contribution < 1.29 is 9.90 Å². The topological polar surface area (TPSA) is 37.3 Å². The van der Waals surface area contributed by atoms with Crippen molar-refractivity contribution in [2.75, 3.05) is 0 Å². The van der Waals surface area contributed by atoms with Crippen molar-refractivity contribution in [3.63, 3.8) is 0 Å². The van der Waals surface area contributed by atoms with Crippen LogP contribution in [-0.2, 0) is 4.79 Å². The van der Waals surface area contributed by atoms with E-state index in [1.165, 1.54) is 11.1 Å². The fourth-order valence-electron chi connectivity index (χ4n) is 1.98. The summed E-state index contributed by atoms with van der Waals surface area (Å²) in [5, 5.41) is 8.76. The number of carboxylic acid groups (broad SMARTS) is 1. The van der Waals surface area contributed by atoms with Gasteiger partial charge in [-0.3, -0.25) is 4.79 Å². The maximum absolute atomic E-state index is 10.6. The molecule has 0 saturated carbocycles. The van der Waals surface area contributed by atoms with Crippen LogP contribution in [0.2, 0.25) is 0 Å². The van der Waals surface area contributed by atoms with Crippen LogP contribution in [0.5, 0.6) is 0 Å². The van der Waals surface area contributed by atoms with Gasteiger partial charge < -0.3 is 5.11 Å². The predicted molar refractivity (Wildman–Crippen MR) is 57.0 cm³/mol. The molecule has 0 fully saturated rings. The summed E-state index contributed by atoms with van der Waals surface area (Å²) in [5.41, 5.74) is 2.40. The smallest absolute Gasteiger partial charge is 0.303 e. The van der Waals surface area contributed by atoms with Crippen LogP contribution in [0.15, 0.2) is 23.8 Å². The van der Waals surface area contributed by atoms with Crippen molar-refractivity contribution in [2.24, 2.45) is 11.8 Å². The lowest BCUT2D eigenvalue weighted by atomic mass is 9.77. The van der Waals surface area contributed by atoms with Crippen molar-refractivity contribution in [3.05, 3.63) is 23.8 Å². The van der Waals surface area contributed by atoms with Crippen LogP contribution >= 0.6 is 0 Å². The molecule has 0 aromatic heterocycles. The van der Waals surface area contributed by atoms with Gasteiger partial charge in [-0.25, -0.2) is 0 Å². The van der Waals surface area contributed by atoms with Gasteiger partial charge in [0.15, 0.2) is 0 Å². The molecule has 0 aliphatic heterocycles. The molecule has 1 aliphatic carbocycles. The lowest BCUT2D eigenvalue weighted by Crippen LogP contribution is -2.18. The highest BCUT2D eigenvalue weighted by molar-refractivity contribution is 5.67. The van der Waals surface area contributed by atoms with Gasteiger partial charge in [0.05, 0.1) is 6.42 Å². The molecule has 14 heavy (non-hydrogen) atoms. The third kappa shape index (κ3) is 2.72. The molecule has 0 amide bonds. The first-order chi connectivity index (χ1) is 6.50. The summed E-state index contributed by atoms with van der Waals surface area (Å²) in [6, 6.07) is 0. The normalized spacial score (nSPS) is 26.9. The molecule has 2 heteroatoms. The van der Waals surface area contributed by atoms with Gasteiger partial charge in [0.1, 0.15) is 0 Å². The molecule has 1 N–H and O–H groups in total. The van der Waals surface area contributed by atoms with Gasteiger partial charge in [0.2, 0.25) is 0 Å². The molecular formula is C12H18O2. The Morgan fingerprint density at radius 2 is 2.36 bits per heavy atom. The number of hydrogen-bond acceptors (Lipinski definition) is 1. The van der Waals surface area contributed by atoms with Crippen molar-refractivity contribution in [1.29, 1.82) is 0 Å². The Morgan fingerprint density at radius 3 is 2.86 bits per heavy atom. The molecule has 0 saturated heterocycles. The van der Waals surface area contributed by atoms with Crippen LogP contribution in [0.1, 0.15) is 33.1 Å². The Balaban J connectivity index is 2.66. The van der Waals surface area contributed by atoms with Crippen LogP contribution in [0.25, 0.3) is 0 Å². The monoisotopic (exact) mass is 194 g/mol. The van der Waals surface area contributed by atoms with E-state index in [9.17, 15) is 4.79 Å². The molecule has 1 aliphatic rings. The van der Waals surface area contributed by atoms with Gasteiger partial charge in [-0.2, -0.15) is 0 Å². The second-order valence-electron chi connectivity index (χ2n) is 4.26. The zero-order valence-electron chi connectivity index (χ0n) is 8.92. The van der Waals surface area contributed by atoms with E-state index < -0.39 is 5.97 Å². The molecule has 78 valence electrons. The van der Waals surface area contributed by atoms with Crippen molar-refractivity contribution in [1.82, 2.24) is 0 Å². The van der Waals surface area contributed by atoms with Gasteiger partial charge in [0, 0.05) is 0 Å². The van der Waals surface area contributed by atoms with Crippen molar-refractivity contribution >= 4 is 5.97 Å². The molecule has 0 aromatic rings. The van der Waals surface area contributed by atoms with Crippen LogP contribution in [-0.4, -0.2) is 11.1 Å². The first kappa shape index (κ1) is 11.0. The van der Waals surface area contributed by atoms with E-state index in [0.717, 1.165) is 12.8 Å². The average molecular weight is 194 g/mol. The minimum atomic E-state index is -0.704. The molecule has 2 nitrogen and oxygen atoms in total.